The molecule has 0 aliphatic rings. The fraction of sp³-hybridized carbons (Fsp3) is 0.500. The SMILES string of the molecule is CC(Cl)C(=O)N=C=O. The van der Waals surface area contributed by atoms with Gasteiger partial charge in [0.15, 0.2) is 0 Å². The summed E-state index contributed by atoms with van der Waals surface area (Å²) in [6, 6.07) is 0. The summed E-state index contributed by atoms with van der Waals surface area (Å²) in [5, 5.41) is -0.726. The molecule has 0 heterocycles. The van der Waals surface area contributed by atoms with Crippen LogP contribution < -0.4 is 0 Å². The molecule has 0 rings (SSSR count). The zero-order valence-electron chi connectivity index (χ0n) is 4.22. The molecule has 0 spiro atoms. The van der Waals surface area contributed by atoms with Crippen LogP contribution in [0.25, 0.3) is 0 Å². The van der Waals surface area contributed by atoms with E-state index in [0.29, 0.717) is 0 Å². The Morgan fingerprint density at radius 3 is 2.50 bits per heavy atom. The van der Waals surface area contributed by atoms with Gasteiger partial charge in [-0.1, -0.05) is 0 Å². The van der Waals surface area contributed by atoms with Crippen LogP contribution in [0.2, 0.25) is 0 Å². The molecule has 3 nitrogen and oxygen atoms in total. The Hall–Kier alpha value is -0.660. The molecule has 0 aromatic carbocycles. The summed E-state index contributed by atoms with van der Waals surface area (Å²) in [4.78, 5) is 22.3. The van der Waals surface area contributed by atoms with Gasteiger partial charge in [-0.05, 0) is 6.92 Å². The van der Waals surface area contributed by atoms with E-state index in [1.54, 1.807) is 0 Å². The number of rotatable bonds is 1. The molecule has 8 heavy (non-hydrogen) atoms. The van der Waals surface area contributed by atoms with Gasteiger partial charge in [-0.15, -0.1) is 16.6 Å². The molecule has 0 aliphatic heterocycles. The molecule has 0 aromatic rings. The summed E-state index contributed by atoms with van der Waals surface area (Å²) in [6.45, 7) is 1.44. The Bertz CT molecular complexity index is 137. The number of hydrogen-bond acceptors (Lipinski definition) is 2. The third-order valence-corrected chi connectivity index (χ3v) is 0.683. The van der Waals surface area contributed by atoms with Crippen LogP contribution in [-0.4, -0.2) is 17.4 Å². The fourth-order valence-corrected chi connectivity index (χ4v) is 0.183. The van der Waals surface area contributed by atoms with E-state index < -0.39 is 11.3 Å². The van der Waals surface area contributed by atoms with Crippen molar-refractivity contribution in [1.82, 2.24) is 0 Å². The van der Waals surface area contributed by atoms with Gasteiger partial charge in [-0.2, -0.15) is 0 Å². The van der Waals surface area contributed by atoms with Gasteiger partial charge < -0.3 is 0 Å². The maximum atomic E-state index is 10.2. The predicted molar refractivity (Wildman–Crippen MR) is 28.4 cm³/mol. The minimum absolute atomic E-state index is 0.651. The smallest absolute Gasteiger partial charge is 0.270 e. The van der Waals surface area contributed by atoms with E-state index in [4.69, 9.17) is 11.6 Å². The standard InChI is InChI=1S/C4H4ClNO2/c1-3(5)4(8)6-2-7/h3H,1H3. The number of nitrogens with zero attached hydrogens (tertiary/aromatic N) is 1. The third kappa shape index (κ3) is 2.50. The Balaban J connectivity index is 3.84. The summed E-state index contributed by atoms with van der Waals surface area (Å²) >= 11 is 5.18. The highest BCUT2D eigenvalue weighted by molar-refractivity contribution is 6.30. The molecule has 1 atom stereocenters. The normalized spacial score (nSPS) is 11.8. The van der Waals surface area contributed by atoms with Crippen molar-refractivity contribution in [3.63, 3.8) is 0 Å². The summed E-state index contributed by atoms with van der Waals surface area (Å²) in [7, 11) is 0. The lowest BCUT2D eigenvalue weighted by Crippen LogP contribution is -2.05. The lowest BCUT2D eigenvalue weighted by molar-refractivity contribution is -0.117. The van der Waals surface area contributed by atoms with E-state index in [1.165, 1.54) is 6.92 Å². The molecule has 4 heteroatoms. The topological polar surface area (TPSA) is 46.5 Å². The molecule has 1 amide bonds. The van der Waals surface area contributed by atoms with E-state index in [-0.39, 0.29) is 0 Å². The lowest BCUT2D eigenvalue weighted by atomic mass is 10.5. The Morgan fingerprint density at radius 1 is 1.88 bits per heavy atom. The van der Waals surface area contributed by atoms with Crippen molar-refractivity contribution in [3.05, 3.63) is 0 Å². The zero-order chi connectivity index (χ0) is 6.57. The zero-order valence-corrected chi connectivity index (χ0v) is 4.97. The van der Waals surface area contributed by atoms with Crippen LogP contribution in [0.5, 0.6) is 0 Å². The van der Waals surface area contributed by atoms with E-state index >= 15 is 0 Å². The van der Waals surface area contributed by atoms with Gasteiger partial charge in [0.2, 0.25) is 6.08 Å². The van der Waals surface area contributed by atoms with Crippen molar-refractivity contribution in [2.45, 2.75) is 12.3 Å². The largest absolute Gasteiger partial charge is 0.274 e. The van der Waals surface area contributed by atoms with Gasteiger partial charge >= 0.3 is 0 Å². The van der Waals surface area contributed by atoms with Crippen LogP contribution in [0.4, 0.5) is 0 Å². The van der Waals surface area contributed by atoms with Crippen LogP contribution in [0.1, 0.15) is 6.92 Å². The van der Waals surface area contributed by atoms with E-state index in [9.17, 15) is 9.59 Å². The van der Waals surface area contributed by atoms with Crippen molar-refractivity contribution in [2.24, 2.45) is 4.99 Å². The number of halogens is 1. The minimum atomic E-state index is -0.726. The second-order valence-corrected chi connectivity index (χ2v) is 1.81. The molecule has 0 aliphatic carbocycles. The summed E-state index contributed by atoms with van der Waals surface area (Å²) in [5.41, 5.74) is 0. The molecule has 0 aromatic heterocycles. The highest BCUT2D eigenvalue weighted by Gasteiger charge is 2.05. The lowest BCUT2D eigenvalue weighted by Gasteiger charge is -1.87. The molecule has 1 unspecified atom stereocenters. The van der Waals surface area contributed by atoms with E-state index in [1.807, 2.05) is 0 Å². The van der Waals surface area contributed by atoms with E-state index in [2.05, 4.69) is 4.99 Å². The van der Waals surface area contributed by atoms with Crippen molar-refractivity contribution >= 4 is 23.6 Å². The molecule has 44 valence electrons. The van der Waals surface area contributed by atoms with Crippen LogP contribution in [0.3, 0.4) is 0 Å². The van der Waals surface area contributed by atoms with Gasteiger partial charge in [0, 0.05) is 0 Å². The molecule has 0 N–H and O–H groups in total. The van der Waals surface area contributed by atoms with Gasteiger partial charge in [-0.25, -0.2) is 4.79 Å². The van der Waals surface area contributed by atoms with Crippen molar-refractivity contribution in [2.75, 3.05) is 0 Å². The summed E-state index contributed by atoms with van der Waals surface area (Å²) in [6.07, 6.45) is 1.09. The van der Waals surface area contributed by atoms with Gasteiger partial charge in [0.25, 0.3) is 5.91 Å². The number of carbonyl (C=O) groups is 1. The molecule has 0 saturated heterocycles. The number of aliphatic imine (C=N–C) groups is 1. The Morgan fingerprint density at radius 2 is 2.38 bits per heavy atom. The predicted octanol–water partition coefficient (Wildman–Crippen LogP) is 0.476. The first-order chi connectivity index (χ1) is 3.68. The second kappa shape index (κ2) is 3.36. The molecule has 0 radical (unpaired) electrons. The quantitative estimate of drug-likeness (QED) is 0.297. The second-order valence-electron chi connectivity index (χ2n) is 1.16. The first-order valence-electron chi connectivity index (χ1n) is 1.94. The van der Waals surface area contributed by atoms with Crippen LogP contribution in [0.15, 0.2) is 4.99 Å². The molecule has 0 saturated carbocycles. The average Bonchev–Trinajstić information content (AvgIpc) is 1.67. The maximum Gasteiger partial charge on any atom is 0.274 e. The van der Waals surface area contributed by atoms with Crippen molar-refractivity contribution in [3.8, 4) is 0 Å². The molecular formula is C4H4ClNO2. The van der Waals surface area contributed by atoms with Crippen LogP contribution in [0, 0.1) is 0 Å². The number of amides is 1. The number of carbonyl (C=O) groups excluding carboxylic acids is 2. The van der Waals surface area contributed by atoms with Crippen LogP contribution >= 0.6 is 11.6 Å². The Kier molecular flexibility index (Phi) is 3.08. The van der Waals surface area contributed by atoms with Gasteiger partial charge in [-0.3, -0.25) is 4.79 Å². The average molecular weight is 134 g/mol. The first-order valence-corrected chi connectivity index (χ1v) is 2.38. The number of hydrogen-bond donors (Lipinski definition) is 0. The van der Waals surface area contributed by atoms with Crippen molar-refractivity contribution in [1.29, 1.82) is 0 Å². The molecule has 0 fully saturated rings. The van der Waals surface area contributed by atoms with Gasteiger partial charge in [0.05, 0.1) is 0 Å². The number of alkyl halides is 1. The third-order valence-electron chi connectivity index (χ3n) is 0.496. The minimum Gasteiger partial charge on any atom is -0.270 e. The first kappa shape index (κ1) is 7.34. The summed E-state index contributed by atoms with van der Waals surface area (Å²) in [5.74, 6) is -0.651. The highest BCUT2D eigenvalue weighted by Crippen LogP contribution is 1.93. The van der Waals surface area contributed by atoms with E-state index in [0.717, 1.165) is 6.08 Å². The van der Waals surface area contributed by atoms with Crippen molar-refractivity contribution < 1.29 is 9.59 Å². The fourth-order valence-electron chi connectivity index (χ4n) is 0.134. The molecule has 0 bridgehead atoms. The van der Waals surface area contributed by atoms with Crippen LogP contribution in [-0.2, 0) is 9.59 Å². The number of isocyanates is 1. The monoisotopic (exact) mass is 133 g/mol. The van der Waals surface area contributed by atoms with Gasteiger partial charge in [0.1, 0.15) is 5.38 Å². The highest BCUT2D eigenvalue weighted by atomic mass is 35.5. The molecular weight excluding hydrogens is 130 g/mol. The maximum absolute atomic E-state index is 10.2. The summed E-state index contributed by atoms with van der Waals surface area (Å²) < 4.78 is 0. The Labute approximate surface area is 51.4 Å².